The van der Waals surface area contributed by atoms with E-state index in [-0.39, 0.29) is 17.0 Å². The zero-order valence-electron chi connectivity index (χ0n) is 37.2. The van der Waals surface area contributed by atoms with E-state index < -0.39 is 20.4 Å². The first-order valence-electron chi connectivity index (χ1n) is 20.9. The van der Waals surface area contributed by atoms with E-state index in [0.717, 1.165) is 77.2 Å². The number of rotatable bonds is 15. The molecule has 2 aliphatic carbocycles. The number of ether oxygens (including phenoxy) is 4. The molecule has 0 radical (unpaired) electrons. The molecule has 4 fully saturated rings. The van der Waals surface area contributed by atoms with Crippen molar-refractivity contribution in [1.29, 1.82) is 10.5 Å². The molecule has 4 heterocycles. The van der Waals surface area contributed by atoms with Crippen molar-refractivity contribution in [2.45, 2.75) is 70.9 Å². The lowest BCUT2D eigenvalue weighted by molar-refractivity contribution is 0.209. The Balaban J connectivity index is 0.000000203. The molecule has 0 amide bonds. The second-order valence-electron chi connectivity index (χ2n) is 16.8. The lowest BCUT2D eigenvalue weighted by Gasteiger charge is -2.50. The first-order valence-corrected chi connectivity index (χ1v) is 23.9. The number of pyridine rings is 2. The molecule has 4 aromatic rings. The number of aromatic nitrogens is 2. The summed E-state index contributed by atoms with van der Waals surface area (Å²) < 4.78 is 71.7. The van der Waals surface area contributed by atoms with Crippen LogP contribution in [0.5, 0.6) is 23.0 Å². The summed E-state index contributed by atoms with van der Waals surface area (Å²) in [4.78, 5) is 13.1. The summed E-state index contributed by atoms with van der Waals surface area (Å²) >= 11 is 0. The van der Waals surface area contributed by atoms with Crippen LogP contribution in [0, 0.1) is 34.0 Å². The third kappa shape index (κ3) is 9.81. The highest BCUT2D eigenvalue weighted by molar-refractivity contribution is 7.87. The van der Waals surface area contributed by atoms with Crippen molar-refractivity contribution in [3.63, 3.8) is 0 Å². The van der Waals surface area contributed by atoms with E-state index in [4.69, 9.17) is 29.2 Å². The van der Waals surface area contributed by atoms with Gasteiger partial charge >= 0.3 is 0 Å². The van der Waals surface area contributed by atoms with Gasteiger partial charge < -0.3 is 28.7 Å². The monoisotopic (exact) mass is 906 g/mol. The summed E-state index contributed by atoms with van der Waals surface area (Å²) in [6.07, 6.45) is 8.16. The smallest absolute Gasteiger partial charge is 0.277 e. The highest BCUT2D eigenvalue weighted by atomic mass is 32.2. The van der Waals surface area contributed by atoms with E-state index in [1.807, 2.05) is 32.0 Å². The maximum absolute atomic E-state index is 12.2. The fourth-order valence-electron chi connectivity index (χ4n) is 8.85. The van der Waals surface area contributed by atoms with Gasteiger partial charge in [-0.25, -0.2) is 10.3 Å². The second kappa shape index (κ2) is 18.5. The molecule has 4 aliphatic rings. The number of benzene rings is 2. The summed E-state index contributed by atoms with van der Waals surface area (Å²) in [5, 5.41) is 31.7. The molecule has 20 heteroatoms. The fourth-order valence-corrected chi connectivity index (χ4v) is 10.6. The van der Waals surface area contributed by atoms with E-state index in [2.05, 4.69) is 38.8 Å². The first kappa shape index (κ1) is 47.3. The van der Waals surface area contributed by atoms with Gasteiger partial charge in [-0.15, -0.1) is 0 Å². The number of methoxy groups -OCH3 is 4. The van der Waals surface area contributed by atoms with Gasteiger partial charge in [-0.1, -0.05) is 20.8 Å². The van der Waals surface area contributed by atoms with Gasteiger partial charge in [-0.2, -0.15) is 36.0 Å². The van der Waals surface area contributed by atoms with E-state index in [1.54, 1.807) is 51.2 Å². The van der Waals surface area contributed by atoms with Crippen LogP contribution in [0.25, 0.3) is 21.8 Å². The number of nitriles is 2. The van der Waals surface area contributed by atoms with Crippen molar-refractivity contribution >= 4 is 53.6 Å². The minimum absolute atomic E-state index is 0.0699. The molecule has 2 aromatic carbocycles. The third-order valence-electron chi connectivity index (χ3n) is 12.2. The predicted octanol–water partition coefficient (Wildman–Crippen LogP) is 4.65. The Morgan fingerprint density at radius 2 is 1.21 bits per heavy atom. The number of fused-ring (bicyclic) bond motifs is 2. The standard InChI is InChI=1S/C22H27N5O4S.C19H25N5O4S.C2H6/c1-30-19-7-17-18(8-20(19)31-2)25-11-15(10-23)21(17)26-12-14(13-26)9-22(5-6-22)27(16-3-4-16)32(24,28)29;1-19(5-6-23(2)29(21,25)26)11-24(12-19)18-13(9-20)10-22-15-8-17(28-4)16(27-3)7-14(15)18;1-2/h7-8,11,14,16H,3-6,9,12-13H2,1-2H3,(H2,24,28,29);7-8,10H,5-6,11-12H2,1-4H3,(H2,21,25,26);1-2H3. The van der Waals surface area contributed by atoms with Crippen LogP contribution in [0.4, 0.5) is 11.4 Å². The maximum atomic E-state index is 12.2. The second-order valence-corrected chi connectivity index (χ2v) is 19.8. The largest absolute Gasteiger partial charge is 0.493 e. The lowest BCUT2D eigenvalue weighted by atomic mass is 9.78. The lowest BCUT2D eigenvalue weighted by Crippen LogP contribution is -2.56. The Labute approximate surface area is 370 Å². The number of nitrogens with two attached hydrogens (primary N) is 2. The maximum Gasteiger partial charge on any atom is 0.277 e. The number of anilines is 2. The zero-order valence-corrected chi connectivity index (χ0v) is 38.8. The summed E-state index contributed by atoms with van der Waals surface area (Å²) in [5.74, 6) is 2.65. The van der Waals surface area contributed by atoms with Crippen LogP contribution in [-0.4, -0.2) is 115 Å². The Kier molecular flexibility index (Phi) is 13.9. The molecule has 63 heavy (non-hydrogen) atoms. The zero-order chi connectivity index (χ0) is 46.1. The molecule has 4 N–H and O–H groups in total. The van der Waals surface area contributed by atoms with Gasteiger partial charge in [-0.3, -0.25) is 9.97 Å². The molecule has 2 saturated heterocycles. The Morgan fingerprint density at radius 1 is 0.762 bits per heavy atom. The van der Waals surface area contributed by atoms with Crippen molar-refractivity contribution < 1.29 is 35.8 Å². The minimum Gasteiger partial charge on any atom is -0.493 e. The van der Waals surface area contributed by atoms with E-state index in [1.165, 1.54) is 7.05 Å². The highest BCUT2D eigenvalue weighted by Gasteiger charge is 2.58. The van der Waals surface area contributed by atoms with Gasteiger partial charge in [-0.05, 0) is 56.6 Å². The first-order chi connectivity index (χ1) is 29.9. The van der Waals surface area contributed by atoms with E-state index >= 15 is 0 Å². The molecule has 0 unspecified atom stereocenters. The molecule has 2 saturated carbocycles. The van der Waals surface area contributed by atoms with E-state index in [9.17, 15) is 27.4 Å². The molecular formula is C43H58N10O8S2. The summed E-state index contributed by atoms with van der Waals surface area (Å²) in [6.45, 7) is 9.33. The van der Waals surface area contributed by atoms with Crippen LogP contribution in [0.2, 0.25) is 0 Å². The average Bonchev–Trinajstić information content (AvgIpc) is 4.20. The Hall–Kier alpha value is -5.22. The topological polar surface area (TPSA) is 244 Å². The number of nitrogens with zero attached hydrogens (tertiary/aromatic N) is 8. The highest BCUT2D eigenvalue weighted by Crippen LogP contribution is 2.53. The van der Waals surface area contributed by atoms with Crippen molar-refractivity contribution in [2.24, 2.45) is 21.6 Å². The molecule has 0 spiro atoms. The average molecular weight is 907 g/mol. The van der Waals surface area contributed by atoms with Gasteiger partial charge in [0.1, 0.15) is 12.1 Å². The number of hydrogen-bond acceptors (Lipinski definition) is 14. The van der Waals surface area contributed by atoms with Crippen molar-refractivity contribution in [3.05, 3.63) is 47.8 Å². The fraction of sp³-hybridized carbons (Fsp3) is 0.535. The number of hydrogen-bond donors (Lipinski definition) is 2. The quantitative estimate of drug-likeness (QED) is 0.165. The molecule has 2 aliphatic heterocycles. The van der Waals surface area contributed by atoms with Gasteiger partial charge in [0.2, 0.25) is 0 Å². The van der Waals surface area contributed by atoms with Crippen LogP contribution >= 0.6 is 0 Å². The Morgan fingerprint density at radius 3 is 1.59 bits per heavy atom. The van der Waals surface area contributed by atoms with Gasteiger partial charge in [0, 0.05) is 92.1 Å². The van der Waals surface area contributed by atoms with Crippen LogP contribution in [0.15, 0.2) is 36.7 Å². The summed E-state index contributed by atoms with van der Waals surface area (Å²) in [6, 6.07) is 11.9. The Bertz CT molecular complexity index is 2650. The summed E-state index contributed by atoms with van der Waals surface area (Å²) in [5.41, 5.74) is 3.66. The normalized spacial score (nSPS) is 17.6. The molecule has 340 valence electrons. The minimum atomic E-state index is -3.70. The molecule has 0 atom stereocenters. The van der Waals surface area contributed by atoms with Crippen LogP contribution in [-0.2, 0) is 20.4 Å². The van der Waals surface area contributed by atoms with Crippen molar-refractivity contribution in [2.75, 3.05) is 78.0 Å². The third-order valence-corrected chi connectivity index (χ3v) is 14.5. The van der Waals surface area contributed by atoms with Gasteiger partial charge in [0.05, 0.1) is 62.0 Å². The molecular weight excluding hydrogens is 849 g/mol. The van der Waals surface area contributed by atoms with Crippen LogP contribution < -0.4 is 39.0 Å². The van der Waals surface area contributed by atoms with Crippen LogP contribution in [0.3, 0.4) is 0 Å². The van der Waals surface area contributed by atoms with Gasteiger partial charge in [0.15, 0.2) is 23.0 Å². The van der Waals surface area contributed by atoms with Crippen LogP contribution in [0.1, 0.15) is 70.4 Å². The molecule has 0 bridgehead atoms. The molecule has 2 aromatic heterocycles. The SMILES string of the molecule is CC.COc1cc2ncc(C#N)c(N3CC(C)(CCN(C)S(N)(=O)=O)C3)c2cc1OC.COc1cc2ncc(C#N)c(N3CC(CC4(N(C5CC5)S(N)(=O)=O)CC4)C3)c2cc1OC. The van der Waals surface area contributed by atoms with Gasteiger partial charge in [0.25, 0.3) is 20.4 Å². The van der Waals surface area contributed by atoms with Crippen molar-refractivity contribution in [3.8, 4) is 35.1 Å². The summed E-state index contributed by atoms with van der Waals surface area (Å²) in [7, 11) is 0.366. The van der Waals surface area contributed by atoms with Crippen molar-refractivity contribution in [1.82, 2.24) is 18.6 Å². The molecule has 18 nitrogen and oxygen atoms in total. The van der Waals surface area contributed by atoms with E-state index in [0.29, 0.717) is 71.6 Å². The predicted molar refractivity (Wildman–Crippen MR) is 241 cm³/mol. The molecule has 8 rings (SSSR count).